The van der Waals surface area contributed by atoms with Crippen molar-refractivity contribution in [1.82, 2.24) is 4.90 Å². The van der Waals surface area contributed by atoms with E-state index in [0.717, 1.165) is 42.1 Å². The first-order valence-electron chi connectivity index (χ1n) is 9.01. The molecule has 27 heavy (non-hydrogen) atoms. The fourth-order valence-corrected chi connectivity index (χ4v) is 3.85. The maximum atomic E-state index is 12.4. The number of benzene rings is 2. The second-order valence-corrected chi connectivity index (χ2v) is 7.66. The van der Waals surface area contributed by atoms with Gasteiger partial charge in [-0.25, -0.2) is 0 Å². The first-order chi connectivity index (χ1) is 13.1. The van der Waals surface area contributed by atoms with Crippen LogP contribution in [-0.4, -0.2) is 50.1 Å². The number of hydrogen-bond acceptors (Lipinski definition) is 4. The van der Waals surface area contributed by atoms with Gasteiger partial charge in [0.15, 0.2) is 0 Å². The van der Waals surface area contributed by atoms with Gasteiger partial charge in [-0.1, -0.05) is 39.7 Å². The van der Waals surface area contributed by atoms with Gasteiger partial charge in [-0.2, -0.15) is 0 Å². The van der Waals surface area contributed by atoms with Crippen molar-refractivity contribution in [3.8, 4) is 5.75 Å². The van der Waals surface area contributed by atoms with Gasteiger partial charge in [-0.15, -0.1) is 0 Å². The quantitative estimate of drug-likeness (QED) is 0.711. The van der Waals surface area contributed by atoms with Gasteiger partial charge in [-0.05, 0) is 37.3 Å². The molecule has 1 aliphatic rings. The zero-order valence-corrected chi connectivity index (χ0v) is 17.6. The number of nitrogens with zero attached hydrogens (tertiary/aromatic N) is 2. The maximum Gasteiger partial charge on any atom is 0.238 e. The van der Waals surface area contributed by atoms with E-state index in [1.165, 1.54) is 0 Å². The van der Waals surface area contributed by atoms with Crippen molar-refractivity contribution < 1.29 is 9.53 Å². The molecule has 2 aromatic rings. The molecule has 0 bridgehead atoms. The van der Waals surface area contributed by atoms with E-state index < -0.39 is 0 Å². The standard InChI is InChI=1S/C20H23BrClN3O2/c1-2-27-19-6-4-3-5-18(19)25-11-9-24(10-12-25)14-20(26)23-17-8-7-15(21)13-16(17)22/h3-8,13H,2,9-12,14H2,1H3,(H,23,26). The molecule has 0 atom stereocenters. The summed E-state index contributed by atoms with van der Waals surface area (Å²) >= 11 is 9.53. The molecule has 0 saturated carbocycles. The van der Waals surface area contributed by atoms with E-state index in [-0.39, 0.29) is 5.91 Å². The Bertz CT molecular complexity index is 795. The highest BCUT2D eigenvalue weighted by atomic mass is 79.9. The van der Waals surface area contributed by atoms with Crippen LogP contribution in [0.25, 0.3) is 0 Å². The van der Waals surface area contributed by atoms with Crippen molar-refractivity contribution in [1.29, 1.82) is 0 Å². The smallest absolute Gasteiger partial charge is 0.238 e. The number of halogens is 2. The van der Waals surface area contributed by atoms with Gasteiger partial charge in [0.25, 0.3) is 0 Å². The van der Waals surface area contributed by atoms with Gasteiger partial charge in [0.05, 0.1) is 29.5 Å². The summed E-state index contributed by atoms with van der Waals surface area (Å²) in [6, 6.07) is 13.5. The fraction of sp³-hybridized carbons (Fsp3) is 0.350. The van der Waals surface area contributed by atoms with Crippen molar-refractivity contribution in [2.45, 2.75) is 6.92 Å². The lowest BCUT2D eigenvalue weighted by Gasteiger charge is -2.36. The summed E-state index contributed by atoms with van der Waals surface area (Å²) in [7, 11) is 0. The molecule has 3 rings (SSSR count). The Balaban J connectivity index is 1.53. The van der Waals surface area contributed by atoms with Crippen LogP contribution in [0.4, 0.5) is 11.4 Å². The Labute approximate surface area is 173 Å². The fourth-order valence-electron chi connectivity index (χ4n) is 3.13. The normalized spacial score (nSPS) is 14.9. The molecule has 0 spiro atoms. The summed E-state index contributed by atoms with van der Waals surface area (Å²) in [5.41, 5.74) is 1.75. The minimum Gasteiger partial charge on any atom is -0.492 e. The van der Waals surface area contributed by atoms with E-state index in [9.17, 15) is 4.79 Å². The van der Waals surface area contributed by atoms with Crippen molar-refractivity contribution in [2.75, 3.05) is 49.5 Å². The molecular weight excluding hydrogens is 430 g/mol. The third-order valence-electron chi connectivity index (χ3n) is 4.45. The number of nitrogens with one attached hydrogen (secondary N) is 1. The van der Waals surface area contributed by atoms with Crippen LogP contribution in [0.15, 0.2) is 46.9 Å². The number of rotatable bonds is 6. The van der Waals surface area contributed by atoms with Crippen molar-refractivity contribution >= 4 is 44.8 Å². The summed E-state index contributed by atoms with van der Waals surface area (Å²) in [6.45, 7) is 6.35. The molecular formula is C20H23BrClN3O2. The van der Waals surface area contributed by atoms with Crippen LogP contribution in [0.3, 0.4) is 0 Å². The van der Waals surface area contributed by atoms with E-state index >= 15 is 0 Å². The van der Waals surface area contributed by atoms with Crippen LogP contribution in [0.5, 0.6) is 5.75 Å². The van der Waals surface area contributed by atoms with Crippen LogP contribution < -0.4 is 15.0 Å². The number of hydrogen-bond donors (Lipinski definition) is 1. The van der Waals surface area contributed by atoms with Gasteiger partial charge in [-0.3, -0.25) is 9.69 Å². The van der Waals surface area contributed by atoms with Crippen LogP contribution in [-0.2, 0) is 4.79 Å². The third-order valence-corrected chi connectivity index (χ3v) is 5.26. The van der Waals surface area contributed by atoms with Crippen molar-refractivity contribution in [3.05, 3.63) is 52.0 Å². The first-order valence-corrected chi connectivity index (χ1v) is 10.2. The molecule has 0 aliphatic carbocycles. The van der Waals surface area contributed by atoms with Gasteiger partial charge < -0.3 is 15.0 Å². The van der Waals surface area contributed by atoms with Crippen molar-refractivity contribution in [3.63, 3.8) is 0 Å². The van der Waals surface area contributed by atoms with Crippen LogP contribution in [0.2, 0.25) is 5.02 Å². The topological polar surface area (TPSA) is 44.8 Å². The Morgan fingerprint density at radius 1 is 1.19 bits per heavy atom. The summed E-state index contributed by atoms with van der Waals surface area (Å²) in [5.74, 6) is 0.860. The van der Waals surface area contributed by atoms with Crippen molar-refractivity contribution in [2.24, 2.45) is 0 Å². The molecule has 7 heteroatoms. The van der Waals surface area contributed by atoms with Crippen LogP contribution in [0, 0.1) is 0 Å². The van der Waals surface area contributed by atoms with Gasteiger partial charge >= 0.3 is 0 Å². The average molecular weight is 453 g/mol. The lowest BCUT2D eigenvalue weighted by atomic mass is 10.2. The zero-order chi connectivity index (χ0) is 19.2. The lowest BCUT2D eigenvalue weighted by molar-refractivity contribution is -0.117. The predicted molar refractivity (Wildman–Crippen MR) is 114 cm³/mol. The number of piperazine rings is 1. The monoisotopic (exact) mass is 451 g/mol. The van der Waals surface area contributed by atoms with Gasteiger partial charge in [0, 0.05) is 30.7 Å². The minimum absolute atomic E-state index is 0.0533. The van der Waals surface area contributed by atoms with Crippen LogP contribution in [0.1, 0.15) is 6.92 Å². The molecule has 1 heterocycles. The van der Waals surface area contributed by atoms with Gasteiger partial charge in [0.2, 0.25) is 5.91 Å². The Morgan fingerprint density at radius 3 is 2.63 bits per heavy atom. The Kier molecular flexibility index (Phi) is 6.99. The molecule has 5 nitrogen and oxygen atoms in total. The number of carbonyl (C=O) groups excluding carboxylic acids is 1. The second kappa shape index (κ2) is 9.44. The highest BCUT2D eigenvalue weighted by Gasteiger charge is 2.21. The lowest BCUT2D eigenvalue weighted by Crippen LogP contribution is -2.48. The molecule has 1 N–H and O–H groups in total. The molecule has 0 aromatic heterocycles. The zero-order valence-electron chi connectivity index (χ0n) is 15.3. The SMILES string of the molecule is CCOc1ccccc1N1CCN(CC(=O)Nc2ccc(Br)cc2Cl)CC1. The van der Waals surface area contributed by atoms with Crippen LogP contribution >= 0.6 is 27.5 Å². The summed E-state index contributed by atoms with van der Waals surface area (Å²) in [4.78, 5) is 16.8. The minimum atomic E-state index is -0.0533. The number of ether oxygens (including phenoxy) is 1. The third kappa shape index (κ3) is 5.37. The Hall–Kier alpha value is -1.76. The second-order valence-electron chi connectivity index (χ2n) is 6.34. The number of anilines is 2. The average Bonchev–Trinajstić information content (AvgIpc) is 2.65. The molecule has 1 fully saturated rings. The molecule has 144 valence electrons. The van der Waals surface area contributed by atoms with E-state index in [1.54, 1.807) is 12.1 Å². The molecule has 1 aliphatic heterocycles. The van der Waals surface area contributed by atoms with E-state index in [1.807, 2.05) is 31.2 Å². The first kappa shape index (κ1) is 20.0. The van der Waals surface area contributed by atoms with E-state index in [0.29, 0.717) is 23.9 Å². The highest BCUT2D eigenvalue weighted by molar-refractivity contribution is 9.10. The summed E-state index contributed by atoms with van der Waals surface area (Å²) < 4.78 is 6.62. The predicted octanol–water partition coefficient (Wildman–Crippen LogP) is 4.26. The number of carbonyl (C=O) groups is 1. The van der Waals surface area contributed by atoms with Gasteiger partial charge in [0.1, 0.15) is 5.75 Å². The summed E-state index contributed by atoms with van der Waals surface area (Å²) in [6.07, 6.45) is 0. The maximum absolute atomic E-state index is 12.4. The molecule has 0 radical (unpaired) electrons. The largest absolute Gasteiger partial charge is 0.492 e. The number of amides is 1. The molecule has 0 unspecified atom stereocenters. The Morgan fingerprint density at radius 2 is 1.93 bits per heavy atom. The number of para-hydroxylation sites is 2. The van der Waals surface area contributed by atoms with E-state index in [4.69, 9.17) is 16.3 Å². The molecule has 1 saturated heterocycles. The molecule has 1 amide bonds. The summed E-state index contributed by atoms with van der Waals surface area (Å²) in [5, 5.41) is 3.41. The molecule has 2 aromatic carbocycles. The van der Waals surface area contributed by atoms with E-state index in [2.05, 4.69) is 37.1 Å². The highest BCUT2D eigenvalue weighted by Crippen LogP contribution is 2.29.